The van der Waals surface area contributed by atoms with Crippen LogP contribution in [-0.2, 0) is 13.1 Å². The summed E-state index contributed by atoms with van der Waals surface area (Å²) < 4.78 is 16.1. The van der Waals surface area contributed by atoms with Crippen LogP contribution in [0.5, 0.6) is 0 Å². The third kappa shape index (κ3) is 4.81. The number of aryl methyl sites for hydroxylation is 2. The van der Waals surface area contributed by atoms with Crippen molar-refractivity contribution >= 4 is 17.1 Å². The van der Waals surface area contributed by atoms with Crippen molar-refractivity contribution in [3.05, 3.63) is 59.3 Å². The molecule has 0 saturated heterocycles. The molecule has 2 aromatic heterocycles. The highest BCUT2D eigenvalue weighted by Gasteiger charge is 2.21. The second kappa shape index (κ2) is 9.16. The van der Waals surface area contributed by atoms with E-state index < -0.39 is 0 Å². The first-order valence-corrected chi connectivity index (χ1v) is 10.3. The molecule has 154 valence electrons. The largest absolute Gasteiger partial charge is 0.331 e. The van der Waals surface area contributed by atoms with Gasteiger partial charge >= 0.3 is 0 Å². The van der Waals surface area contributed by atoms with Gasteiger partial charge in [-0.1, -0.05) is 26.8 Å². The van der Waals surface area contributed by atoms with Crippen LogP contribution < -0.4 is 0 Å². The van der Waals surface area contributed by atoms with E-state index in [9.17, 15) is 9.18 Å². The molecule has 0 fully saturated rings. The van der Waals surface area contributed by atoms with Crippen molar-refractivity contribution < 1.29 is 9.18 Å². The van der Waals surface area contributed by atoms with Gasteiger partial charge in [0.05, 0.1) is 6.54 Å². The first-order valence-electron chi connectivity index (χ1n) is 10.3. The number of halogens is 1. The number of imidazole rings is 1. The average molecular weight is 397 g/mol. The molecule has 0 bridgehead atoms. The Balaban J connectivity index is 1.95. The second-order valence-corrected chi connectivity index (χ2v) is 7.90. The zero-order valence-electron chi connectivity index (χ0n) is 17.7. The van der Waals surface area contributed by atoms with E-state index in [0.29, 0.717) is 30.1 Å². The fourth-order valence-electron chi connectivity index (χ4n) is 3.33. The molecular formula is C23H29FN4O. The van der Waals surface area contributed by atoms with Crippen LogP contribution in [0.2, 0.25) is 0 Å². The summed E-state index contributed by atoms with van der Waals surface area (Å²) in [7, 11) is 0. The minimum absolute atomic E-state index is 0.174. The molecule has 0 radical (unpaired) electrons. The van der Waals surface area contributed by atoms with Crippen LogP contribution in [0.4, 0.5) is 4.39 Å². The summed E-state index contributed by atoms with van der Waals surface area (Å²) in [5, 5.41) is 0. The number of amides is 1. The average Bonchev–Trinajstić information content (AvgIpc) is 3.04. The van der Waals surface area contributed by atoms with Gasteiger partial charge in [0.1, 0.15) is 17.2 Å². The van der Waals surface area contributed by atoms with E-state index in [2.05, 4.69) is 30.3 Å². The van der Waals surface area contributed by atoms with Crippen molar-refractivity contribution in [2.45, 2.75) is 53.6 Å². The molecule has 0 N–H and O–H groups in total. The molecule has 0 saturated carbocycles. The van der Waals surface area contributed by atoms with E-state index >= 15 is 0 Å². The van der Waals surface area contributed by atoms with Gasteiger partial charge in [-0.2, -0.15) is 0 Å². The third-order valence-electron chi connectivity index (χ3n) is 5.04. The number of benzene rings is 1. The number of hydrogen-bond acceptors (Lipinski definition) is 3. The predicted molar refractivity (Wildman–Crippen MR) is 113 cm³/mol. The fraction of sp³-hybridized carbons (Fsp3) is 0.435. The lowest BCUT2D eigenvalue weighted by Crippen LogP contribution is -2.33. The van der Waals surface area contributed by atoms with Crippen molar-refractivity contribution in [2.75, 3.05) is 6.54 Å². The maximum absolute atomic E-state index is 14.1. The van der Waals surface area contributed by atoms with E-state index in [4.69, 9.17) is 4.98 Å². The normalized spacial score (nSPS) is 11.4. The van der Waals surface area contributed by atoms with Gasteiger partial charge in [0.15, 0.2) is 5.65 Å². The summed E-state index contributed by atoms with van der Waals surface area (Å²) in [5.41, 5.74) is 2.56. The van der Waals surface area contributed by atoms with Crippen LogP contribution in [0.1, 0.15) is 55.4 Å². The van der Waals surface area contributed by atoms with Gasteiger partial charge in [0.25, 0.3) is 5.91 Å². The molecule has 1 amide bonds. The number of pyridine rings is 1. The molecule has 0 aliphatic rings. The predicted octanol–water partition coefficient (Wildman–Crippen LogP) is 4.98. The van der Waals surface area contributed by atoms with E-state index in [-0.39, 0.29) is 11.7 Å². The highest BCUT2D eigenvalue weighted by Crippen LogP contribution is 2.19. The topological polar surface area (TPSA) is 51.0 Å². The SMILES string of the molecule is CCCn1c(CN(CCC(C)C)C(=O)c2ccc(C)c(F)c2)nc2cccnc21. The number of carbonyl (C=O) groups excluding carboxylic acids is 1. The second-order valence-electron chi connectivity index (χ2n) is 7.90. The summed E-state index contributed by atoms with van der Waals surface area (Å²) in [6.07, 6.45) is 3.57. The number of hydrogen-bond donors (Lipinski definition) is 0. The number of fused-ring (bicyclic) bond motifs is 1. The zero-order valence-corrected chi connectivity index (χ0v) is 17.7. The highest BCUT2D eigenvalue weighted by atomic mass is 19.1. The zero-order chi connectivity index (χ0) is 21.0. The Morgan fingerprint density at radius 1 is 1.28 bits per heavy atom. The van der Waals surface area contributed by atoms with Crippen LogP contribution in [0.3, 0.4) is 0 Å². The van der Waals surface area contributed by atoms with Gasteiger partial charge in [-0.3, -0.25) is 4.79 Å². The molecule has 29 heavy (non-hydrogen) atoms. The maximum atomic E-state index is 14.1. The minimum atomic E-state index is -0.359. The Kier molecular flexibility index (Phi) is 6.62. The van der Waals surface area contributed by atoms with Crippen molar-refractivity contribution in [3.8, 4) is 0 Å². The highest BCUT2D eigenvalue weighted by molar-refractivity contribution is 5.94. The van der Waals surface area contributed by atoms with Crippen molar-refractivity contribution in [2.24, 2.45) is 5.92 Å². The Morgan fingerprint density at radius 3 is 2.76 bits per heavy atom. The molecule has 2 heterocycles. The van der Waals surface area contributed by atoms with Gasteiger partial charge in [0.2, 0.25) is 0 Å². The first-order chi connectivity index (χ1) is 13.9. The Hall–Kier alpha value is -2.76. The Bertz CT molecular complexity index is 996. The first kappa shape index (κ1) is 21.0. The number of carbonyl (C=O) groups is 1. The molecule has 0 spiro atoms. The standard InChI is InChI=1S/C23H29FN4O/c1-5-12-28-21(26-20-7-6-11-25-22(20)28)15-27(13-10-16(2)3)23(29)18-9-8-17(4)19(24)14-18/h6-9,11,14,16H,5,10,12-13,15H2,1-4H3. The number of rotatable bonds is 8. The molecule has 6 heteroatoms. The molecule has 3 rings (SSSR count). The van der Waals surface area contributed by atoms with Gasteiger partial charge < -0.3 is 9.47 Å². The van der Waals surface area contributed by atoms with Gasteiger partial charge in [-0.25, -0.2) is 14.4 Å². The van der Waals surface area contributed by atoms with E-state index in [1.807, 2.05) is 12.1 Å². The van der Waals surface area contributed by atoms with Gasteiger partial charge in [0, 0.05) is 24.8 Å². The van der Waals surface area contributed by atoms with Crippen LogP contribution in [-0.4, -0.2) is 31.9 Å². The fourth-order valence-corrected chi connectivity index (χ4v) is 3.33. The molecule has 5 nitrogen and oxygen atoms in total. The molecular weight excluding hydrogens is 367 g/mol. The van der Waals surface area contributed by atoms with Gasteiger partial charge in [-0.15, -0.1) is 0 Å². The summed E-state index contributed by atoms with van der Waals surface area (Å²) in [5.74, 6) is 0.733. The maximum Gasteiger partial charge on any atom is 0.254 e. The molecule has 3 aromatic rings. The van der Waals surface area contributed by atoms with Crippen molar-refractivity contribution in [1.29, 1.82) is 0 Å². The van der Waals surface area contributed by atoms with Crippen LogP contribution in [0.25, 0.3) is 11.2 Å². The number of aromatic nitrogens is 3. The van der Waals surface area contributed by atoms with Gasteiger partial charge in [-0.05, 0) is 55.5 Å². The molecule has 0 aliphatic heterocycles. The quantitative estimate of drug-likeness (QED) is 0.540. The van der Waals surface area contributed by atoms with Crippen LogP contribution in [0.15, 0.2) is 36.5 Å². The van der Waals surface area contributed by atoms with Crippen LogP contribution >= 0.6 is 0 Å². The third-order valence-corrected chi connectivity index (χ3v) is 5.04. The van der Waals surface area contributed by atoms with E-state index in [1.165, 1.54) is 6.07 Å². The molecule has 0 aliphatic carbocycles. The summed E-state index contributed by atoms with van der Waals surface area (Å²) in [4.78, 5) is 24.2. The lowest BCUT2D eigenvalue weighted by molar-refractivity contribution is 0.0729. The van der Waals surface area contributed by atoms with E-state index in [0.717, 1.165) is 36.4 Å². The lowest BCUT2D eigenvalue weighted by Gasteiger charge is -2.24. The molecule has 0 unspecified atom stereocenters. The van der Waals surface area contributed by atoms with Crippen LogP contribution in [0, 0.1) is 18.7 Å². The molecule has 0 atom stereocenters. The smallest absolute Gasteiger partial charge is 0.254 e. The lowest BCUT2D eigenvalue weighted by atomic mass is 10.1. The summed E-state index contributed by atoms with van der Waals surface area (Å²) in [6, 6.07) is 8.48. The summed E-state index contributed by atoms with van der Waals surface area (Å²) >= 11 is 0. The summed E-state index contributed by atoms with van der Waals surface area (Å²) in [6.45, 7) is 9.81. The van der Waals surface area contributed by atoms with E-state index in [1.54, 1.807) is 30.2 Å². The Labute approximate surface area is 171 Å². The monoisotopic (exact) mass is 396 g/mol. The van der Waals surface area contributed by atoms with Crippen molar-refractivity contribution in [3.63, 3.8) is 0 Å². The minimum Gasteiger partial charge on any atom is -0.331 e. The number of nitrogens with zero attached hydrogens (tertiary/aromatic N) is 4. The Morgan fingerprint density at radius 2 is 2.07 bits per heavy atom. The molecule has 1 aromatic carbocycles. The van der Waals surface area contributed by atoms with Crippen molar-refractivity contribution in [1.82, 2.24) is 19.4 Å².